The van der Waals surface area contributed by atoms with Crippen LogP contribution in [0.2, 0.25) is 0 Å². The van der Waals surface area contributed by atoms with Crippen LogP contribution in [0.25, 0.3) is 0 Å². The molecule has 0 spiro atoms. The van der Waals surface area contributed by atoms with E-state index in [-0.39, 0.29) is 30.3 Å². The second kappa shape index (κ2) is 30.6. The number of ether oxygens (including phenoxy) is 3. The molecule has 0 aliphatic carbocycles. The summed E-state index contributed by atoms with van der Waals surface area (Å²) < 4.78 is 28.3. The first-order valence-electron chi connectivity index (χ1n) is 23.3. The second-order valence-electron chi connectivity index (χ2n) is 17.6. The lowest BCUT2D eigenvalue weighted by atomic mass is 10.0. The number of alkyl carbamates (subject to hydrolysis) is 1. The van der Waals surface area contributed by atoms with Crippen LogP contribution in [0.5, 0.6) is 17.2 Å². The normalized spacial score (nSPS) is 13.8. The molecule has 1 heterocycles. The zero-order valence-electron chi connectivity index (χ0n) is 40.6. The molecule has 1 aliphatic heterocycles. The van der Waals surface area contributed by atoms with Crippen molar-refractivity contribution >= 4 is 58.3 Å². The molecule has 5 amide bonds. The van der Waals surface area contributed by atoms with Gasteiger partial charge in [-0.3, -0.25) is 23.4 Å². The van der Waals surface area contributed by atoms with Gasteiger partial charge >= 0.3 is 12.1 Å². The molecule has 0 aromatic heterocycles. The quantitative estimate of drug-likeness (QED) is 0.0463. The van der Waals surface area contributed by atoms with E-state index >= 15 is 0 Å². The molecule has 0 radical (unpaired) electrons. The maximum Gasteiger partial charge on any atom is 0.408 e. The van der Waals surface area contributed by atoms with Crippen molar-refractivity contribution in [1.29, 1.82) is 0 Å². The molecule has 19 heteroatoms. The Morgan fingerprint density at radius 2 is 1.33 bits per heavy atom. The molecule has 69 heavy (non-hydrogen) atoms. The third-order valence-electron chi connectivity index (χ3n) is 10.5. The number of carboxylic acid groups (broad SMARTS) is 1. The summed E-state index contributed by atoms with van der Waals surface area (Å²) in [6.45, 7) is 8.55. The van der Waals surface area contributed by atoms with Crippen molar-refractivity contribution < 1.29 is 57.4 Å². The maximum absolute atomic E-state index is 13.1. The summed E-state index contributed by atoms with van der Waals surface area (Å²) in [5.41, 5.74) is 1.69. The summed E-state index contributed by atoms with van der Waals surface area (Å²) in [5, 5.41) is 31.6. The van der Waals surface area contributed by atoms with Crippen LogP contribution in [-0.2, 0) is 58.8 Å². The fourth-order valence-electron chi connectivity index (χ4n) is 6.85. The van der Waals surface area contributed by atoms with E-state index in [4.69, 9.17) is 14.2 Å². The van der Waals surface area contributed by atoms with Crippen LogP contribution in [-0.4, -0.2) is 117 Å². The Morgan fingerprint density at radius 3 is 1.99 bits per heavy atom. The number of carbonyl (C=O) groups excluding carboxylic acids is 5. The molecule has 4 rings (SSSR count). The predicted molar refractivity (Wildman–Crippen MR) is 268 cm³/mol. The van der Waals surface area contributed by atoms with Crippen LogP contribution in [0, 0.1) is 0 Å². The van der Waals surface area contributed by atoms with Gasteiger partial charge in [0.15, 0.2) is 11.5 Å². The maximum atomic E-state index is 13.1. The fourth-order valence-corrected chi connectivity index (χ4v) is 8.59. The van der Waals surface area contributed by atoms with Gasteiger partial charge in [-0.05, 0) is 93.0 Å². The third kappa shape index (κ3) is 23.4. The average Bonchev–Trinajstić information content (AvgIpc) is 3.78. The van der Waals surface area contributed by atoms with Crippen LogP contribution in [0.3, 0.4) is 0 Å². The molecule has 17 nitrogen and oxygen atoms in total. The van der Waals surface area contributed by atoms with Crippen LogP contribution in [0.1, 0.15) is 96.3 Å². The zero-order valence-corrected chi connectivity index (χ0v) is 42.3. The number of fused-ring (bicyclic) bond motifs is 1. The first-order chi connectivity index (χ1) is 32.9. The number of hydrogen-bond donors (Lipinski definition) is 7. The van der Waals surface area contributed by atoms with E-state index in [2.05, 4.69) is 40.4 Å². The Morgan fingerprint density at radius 1 is 0.725 bits per heavy atom. The minimum Gasteiger partial charge on any atom is -0.508 e. The van der Waals surface area contributed by atoms with E-state index in [1.807, 2.05) is 24.5 Å². The first-order valence-corrected chi connectivity index (χ1v) is 26.1. The summed E-state index contributed by atoms with van der Waals surface area (Å²) in [7, 11) is -0.743. The first kappa shape index (κ1) is 57.5. The standard InChI is InChI=1S/C32H43N5O9S.C18H28O3S/c1-32(2,3)46-31(45)37-24(17-21-10-12-22(38)13-11-21)28(41)34-18-26(39)33-19-27(40)35-25(16-20-8-6-5-7-9-20)29(42)36-23(30(43)44)14-15-47-4;1-3-4-5-6-7-8-11-22(19)15(2)12-16-9-10-17-18(13-16)21-14-20-17/h5-13,23-25,38H,14-19H2,1-4H3,(H,33,39)(H,34,41)(H,35,40)(H,36,42)(H,37,45)(H,43,44);9-10,13,15H,3-8,11-12,14H2,1-2H3/t23-,24-,25-;/m1./s1. The van der Waals surface area contributed by atoms with Gasteiger partial charge in [-0.25, -0.2) is 9.59 Å². The van der Waals surface area contributed by atoms with Gasteiger partial charge in [0.1, 0.15) is 29.5 Å². The van der Waals surface area contributed by atoms with Crippen molar-refractivity contribution in [3.63, 3.8) is 0 Å². The molecule has 3 aromatic rings. The average molecular weight is 998 g/mol. The van der Waals surface area contributed by atoms with Crippen molar-refractivity contribution in [2.24, 2.45) is 0 Å². The number of unbranched alkanes of at least 4 members (excludes halogenated alkanes) is 5. The smallest absolute Gasteiger partial charge is 0.408 e. The number of phenols is 1. The number of aromatic hydroxyl groups is 1. The number of thioether (sulfide) groups is 1. The lowest BCUT2D eigenvalue weighted by Gasteiger charge is -2.23. The Hall–Kier alpha value is -5.82. The highest BCUT2D eigenvalue weighted by molar-refractivity contribution is 7.98. The number of phenolic OH excluding ortho intramolecular Hbond substituents is 1. The minimum atomic E-state index is -1.20. The minimum absolute atomic E-state index is 0.0261. The van der Waals surface area contributed by atoms with Crippen molar-refractivity contribution in [3.8, 4) is 17.2 Å². The van der Waals surface area contributed by atoms with Gasteiger partial charge in [0.05, 0.1) is 13.1 Å². The molecule has 5 atom stereocenters. The van der Waals surface area contributed by atoms with Crippen molar-refractivity contribution in [2.45, 2.75) is 128 Å². The van der Waals surface area contributed by atoms with Gasteiger partial charge in [-0.2, -0.15) is 11.8 Å². The van der Waals surface area contributed by atoms with Crippen LogP contribution in [0.4, 0.5) is 4.79 Å². The molecular formula is C50H71N5O12S2. The van der Waals surface area contributed by atoms with E-state index in [0.29, 0.717) is 18.1 Å². The van der Waals surface area contributed by atoms with E-state index < -0.39 is 83.3 Å². The number of aliphatic carboxylic acids is 1. The molecule has 0 fully saturated rings. The molecular weight excluding hydrogens is 927 g/mol. The molecule has 2 unspecified atom stereocenters. The number of carboxylic acids is 1. The predicted octanol–water partition coefficient (Wildman–Crippen LogP) is 5.57. The zero-order chi connectivity index (χ0) is 50.8. The number of nitrogens with one attached hydrogen (secondary N) is 5. The highest BCUT2D eigenvalue weighted by atomic mass is 32.2. The van der Waals surface area contributed by atoms with Crippen LogP contribution >= 0.6 is 11.8 Å². The van der Waals surface area contributed by atoms with Gasteiger partial charge in [0, 0.05) is 34.6 Å². The van der Waals surface area contributed by atoms with Gasteiger partial charge in [-0.1, -0.05) is 94.5 Å². The number of hydrogen-bond acceptors (Lipinski definition) is 12. The Bertz CT molecular complexity index is 2120. The molecule has 0 bridgehead atoms. The Balaban J connectivity index is 0.000000474. The Kier molecular flexibility index (Phi) is 25.5. The van der Waals surface area contributed by atoms with Crippen molar-refractivity contribution in [2.75, 3.05) is 37.6 Å². The fraction of sp³-hybridized carbons (Fsp3) is 0.520. The van der Waals surface area contributed by atoms with Gasteiger partial charge in [0.2, 0.25) is 30.4 Å². The summed E-state index contributed by atoms with van der Waals surface area (Å²) in [6, 6.07) is 17.4. The number of rotatable bonds is 27. The van der Waals surface area contributed by atoms with Crippen molar-refractivity contribution in [3.05, 3.63) is 89.5 Å². The topological polar surface area (TPSA) is 248 Å². The highest BCUT2D eigenvalue weighted by Gasteiger charge is 2.28. The number of amides is 5. The number of benzene rings is 3. The largest absolute Gasteiger partial charge is 0.508 e. The molecule has 7 N–H and O–H groups in total. The third-order valence-corrected chi connectivity index (χ3v) is 12.9. The van der Waals surface area contributed by atoms with Gasteiger partial charge < -0.3 is 51.0 Å². The molecule has 3 aromatic carbocycles. The SMILES string of the molecule is CCCCCCCCS(=O)C(C)Cc1ccc2c(c1)OCO2.CSCC[C@@H](NC(=O)[C@@H](Cc1ccccc1)NC(=O)CNC(=O)CNC(=O)[C@@H](Cc1ccc(O)cc1)NC(=O)OC(C)(C)C)C(=O)O. The monoisotopic (exact) mass is 997 g/mol. The lowest BCUT2D eigenvalue weighted by molar-refractivity contribution is -0.142. The van der Waals surface area contributed by atoms with E-state index in [9.17, 15) is 43.2 Å². The number of carbonyl (C=O) groups is 6. The van der Waals surface area contributed by atoms with Gasteiger partial charge in [0.25, 0.3) is 0 Å². The Labute approximate surface area is 412 Å². The molecule has 380 valence electrons. The van der Waals surface area contributed by atoms with Crippen molar-refractivity contribution in [1.82, 2.24) is 26.6 Å². The second-order valence-corrected chi connectivity index (χ2v) is 20.6. The lowest BCUT2D eigenvalue weighted by Crippen LogP contribution is -2.54. The van der Waals surface area contributed by atoms with E-state index in [1.54, 1.807) is 63.2 Å². The van der Waals surface area contributed by atoms with Crippen LogP contribution < -0.4 is 36.1 Å². The molecule has 0 saturated carbocycles. The molecule has 0 saturated heterocycles. The van der Waals surface area contributed by atoms with Gasteiger partial charge in [-0.15, -0.1) is 0 Å². The highest BCUT2D eigenvalue weighted by Crippen LogP contribution is 2.33. The van der Waals surface area contributed by atoms with E-state index in [1.165, 1.54) is 61.6 Å². The summed E-state index contributed by atoms with van der Waals surface area (Å²) in [5.74, 6) is -1.03. The summed E-state index contributed by atoms with van der Waals surface area (Å²) >= 11 is 1.43. The molecule has 1 aliphatic rings. The van der Waals surface area contributed by atoms with Crippen LogP contribution in [0.15, 0.2) is 72.8 Å². The summed E-state index contributed by atoms with van der Waals surface area (Å²) in [6.07, 6.45) is 9.59. The van der Waals surface area contributed by atoms with E-state index in [0.717, 1.165) is 35.7 Å². The summed E-state index contributed by atoms with van der Waals surface area (Å²) in [4.78, 5) is 75.4.